The van der Waals surface area contributed by atoms with E-state index in [0.29, 0.717) is 23.5 Å². The van der Waals surface area contributed by atoms with Gasteiger partial charge in [-0.15, -0.1) is 0 Å². The Morgan fingerprint density at radius 1 is 1.08 bits per heavy atom. The summed E-state index contributed by atoms with van der Waals surface area (Å²) >= 11 is 6.13. The van der Waals surface area contributed by atoms with Gasteiger partial charge in [-0.2, -0.15) is 13.2 Å². The third-order valence-corrected chi connectivity index (χ3v) is 3.81. The number of alkyl halides is 3. The SMILES string of the molecule is N/C(=N\C(Cl)=C1/Cc2ccccc2O1)c1ccc(C(F)(F)F)cc1. The minimum atomic E-state index is -4.40. The molecule has 2 aromatic rings. The number of hydrogen-bond donors (Lipinski definition) is 1. The topological polar surface area (TPSA) is 47.6 Å². The molecule has 0 amide bonds. The fourth-order valence-electron chi connectivity index (χ4n) is 2.27. The minimum absolute atomic E-state index is 0.0146. The molecule has 0 saturated carbocycles. The summed E-state index contributed by atoms with van der Waals surface area (Å²) in [5, 5.41) is 0.0728. The van der Waals surface area contributed by atoms with Crippen LogP contribution in [0.5, 0.6) is 5.75 Å². The second kappa shape index (κ2) is 6.20. The number of fused-ring (bicyclic) bond motifs is 1. The molecule has 0 aromatic heterocycles. The van der Waals surface area contributed by atoms with Crippen molar-refractivity contribution in [3.63, 3.8) is 0 Å². The summed E-state index contributed by atoms with van der Waals surface area (Å²) in [7, 11) is 0. The van der Waals surface area contributed by atoms with Crippen LogP contribution in [0.1, 0.15) is 16.7 Å². The van der Waals surface area contributed by atoms with Crippen molar-refractivity contribution < 1.29 is 17.9 Å². The van der Waals surface area contributed by atoms with Crippen molar-refractivity contribution in [2.45, 2.75) is 12.6 Å². The molecule has 0 unspecified atom stereocenters. The number of amidine groups is 1. The number of allylic oxidation sites excluding steroid dienone is 1. The summed E-state index contributed by atoms with van der Waals surface area (Å²) < 4.78 is 43.3. The molecule has 2 aromatic carbocycles. The second-order valence-corrected chi connectivity index (χ2v) is 5.53. The van der Waals surface area contributed by atoms with Crippen molar-refractivity contribution >= 4 is 17.4 Å². The molecule has 3 nitrogen and oxygen atoms in total. The minimum Gasteiger partial charge on any atom is -0.458 e. The first kappa shape index (κ1) is 16.4. The molecule has 7 heteroatoms. The summed E-state index contributed by atoms with van der Waals surface area (Å²) in [6, 6.07) is 11.8. The Bertz CT molecular complexity index is 799. The molecule has 0 radical (unpaired) electrons. The van der Waals surface area contributed by atoms with Crippen molar-refractivity contribution in [1.29, 1.82) is 0 Å². The molecule has 24 heavy (non-hydrogen) atoms. The first-order chi connectivity index (χ1) is 11.3. The van der Waals surface area contributed by atoms with E-state index in [9.17, 15) is 13.2 Å². The Morgan fingerprint density at radius 2 is 1.75 bits per heavy atom. The summed E-state index contributed by atoms with van der Waals surface area (Å²) in [4.78, 5) is 4.04. The quantitative estimate of drug-likeness (QED) is 0.493. The molecule has 0 fully saturated rings. The number of aliphatic imine (C=N–C) groups is 1. The van der Waals surface area contributed by atoms with Gasteiger partial charge < -0.3 is 10.5 Å². The van der Waals surface area contributed by atoms with E-state index in [0.717, 1.165) is 17.7 Å². The summed E-state index contributed by atoms with van der Waals surface area (Å²) in [6.07, 6.45) is -3.91. The molecule has 3 rings (SSSR count). The highest BCUT2D eigenvalue weighted by atomic mass is 35.5. The van der Waals surface area contributed by atoms with Crippen molar-refractivity contribution in [1.82, 2.24) is 0 Å². The van der Waals surface area contributed by atoms with Crippen LogP contribution < -0.4 is 10.5 Å². The highest BCUT2D eigenvalue weighted by Crippen LogP contribution is 2.33. The number of benzene rings is 2. The lowest BCUT2D eigenvalue weighted by molar-refractivity contribution is -0.137. The largest absolute Gasteiger partial charge is 0.458 e. The monoisotopic (exact) mass is 352 g/mol. The number of hydrogen-bond acceptors (Lipinski definition) is 2. The lowest BCUT2D eigenvalue weighted by atomic mass is 10.1. The van der Waals surface area contributed by atoms with Gasteiger partial charge >= 0.3 is 6.18 Å². The maximum Gasteiger partial charge on any atom is 0.416 e. The van der Waals surface area contributed by atoms with Crippen LogP contribution in [0, 0.1) is 0 Å². The average Bonchev–Trinajstić information content (AvgIpc) is 2.98. The highest BCUT2D eigenvalue weighted by Gasteiger charge is 2.30. The van der Waals surface area contributed by atoms with Crippen molar-refractivity contribution in [3.8, 4) is 5.75 Å². The molecule has 0 spiro atoms. The van der Waals surface area contributed by atoms with Gasteiger partial charge in [0.25, 0.3) is 0 Å². The molecular weight excluding hydrogens is 341 g/mol. The molecular formula is C17H12ClF3N2O. The number of halogens is 4. The summed E-state index contributed by atoms with van der Waals surface area (Å²) in [5.74, 6) is 1.17. The van der Waals surface area contributed by atoms with E-state index in [4.69, 9.17) is 22.1 Å². The van der Waals surface area contributed by atoms with Crippen molar-refractivity contribution in [3.05, 3.63) is 76.1 Å². The molecule has 1 aliphatic rings. The Balaban J connectivity index is 1.82. The van der Waals surface area contributed by atoms with Gasteiger partial charge in [0.15, 0.2) is 5.16 Å². The second-order valence-electron chi connectivity index (χ2n) is 5.17. The third kappa shape index (κ3) is 3.38. The first-order valence-electron chi connectivity index (χ1n) is 7.01. The first-order valence-corrected chi connectivity index (χ1v) is 7.38. The Labute approximate surface area is 141 Å². The lowest BCUT2D eigenvalue weighted by Gasteiger charge is -2.07. The Morgan fingerprint density at radius 3 is 2.38 bits per heavy atom. The number of ether oxygens (including phenoxy) is 1. The van der Waals surface area contributed by atoms with Crippen LogP contribution in [0.25, 0.3) is 0 Å². The summed E-state index contributed by atoms with van der Waals surface area (Å²) in [5.41, 5.74) is 6.40. The third-order valence-electron chi connectivity index (χ3n) is 3.51. The van der Waals surface area contributed by atoms with Gasteiger partial charge in [0.05, 0.1) is 5.56 Å². The van der Waals surface area contributed by atoms with E-state index >= 15 is 0 Å². The average molecular weight is 353 g/mol. The van der Waals surface area contributed by atoms with Crippen LogP contribution in [0.3, 0.4) is 0 Å². The zero-order chi connectivity index (χ0) is 17.3. The van der Waals surface area contributed by atoms with Crippen molar-refractivity contribution in [2.75, 3.05) is 0 Å². The number of para-hydroxylation sites is 1. The van der Waals surface area contributed by atoms with Gasteiger partial charge in [-0.1, -0.05) is 41.9 Å². The Kier molecular flexibility index (Phi) is 4.24. The fraction of sp³-hybridized carbons (Fsp3) is 0.118. The van der Waals surface area contributed by atoms with Crippen LogP contribution in [0.15, 0.2) is 64.4 Å². The van der Waals surface area contributed by atoms with E-state index in [1.165, 1.54) is 12.1 Å². The molecule has 1 heterocycles. The van der Waals surface area contributed by atoms with E-state index in [1.54, 1.807) is 0 Å². The molecule has 0 saturated heterocycles. The van der Waals surface area contributed by atoms with E-state index in [1.807, 2.05) is 24.3 Å². The molecule has 0 atom stereocenters. The van der Waals surface area contributed by atoms with Gasteiger partial charge in [-0.25, -0.2) is 4.99 Å². The molecule has 0 aliphatic carbocycles. The molecule has 2 N–H and O–H groups in total. The normalized spacial score (nSPS) is 16.6. The maximum absolute atomic E-state index is 12.6. The van der Waals surface area contributed by atoms with Crippen LogP contribution in [-0.4, -0.2) is 5.84 Å². The Hall–Kier alpha value is -2.47. The lowest BCUT2D eigenvalue weighted by Crippen LogP contribution is -2.14. The van der Waals surface area contributed by atoms with Crippen LogP contribution in [-0.2, 0) is 12.6 Å². The summed E-state index contributed by atoms with van der Waals surface area (Å²) in [6.45, 7) is 0. The van der Waals surface area contributed by atoms with Crippen molar-refractivity contribution in [2.24, 2.45) is 10.7 Å². The van der Waals surface area contributed by atoms with Gasteiger partial charge in [-0.3, -0.25) is 0 Å². The number of nitrogens with two attached hydrogens (primary N) is 1. The predicted molar refractivity (Wildman–Crippen MR) is 85.8 cm³/mol. The van der Waals surface area contributed by atoms with Gasteiger partial charge in [0.1, 0.15) is 17.3 Å². The van der Waals surface area contributed by atoms with Gasteiger partial charge in [-0.05, 0) is 18.2 Å². The molecule has 0 bridgehead atoms. The molecule has 124 valence electrons. The smallest absolute Gasteiger partial charge is 0.416 e. The standard InChI is InChI=1S/C17H12ClF3N2O/c18-15(14-9-11-3-1-2-4-13(11)24-14)23-16(22)10-5-7-12(8-6-10)17(19,20)21/h1-8H,9H2,(H2,22,23)/b15-14+. The van der Waals surface area contributed by atoms with E-state index in [-0.39, 0.29) is 11.0 Å². The molecule has 1 aliphatic heterocycles. The zero-order valence-electron chi connectivity index (χ0n) is 12.3. The van der Waals surface area contributed by atoms with E-state index < -0.39 is 11.7 Å². The zero-order valence-corrected chi connectivity index (χ0v) is 13.0. The number of rotatable bonds is 2. The number of nitrogens with zero attached hydrogens (tertiary/aromatic N) is 1. The fourth-order valence-corrected chi connectivity index (χ4v) is 2.47. The predicted octanol–water partition coefficient (Wildman–Crippen LogP) is 4.45. The van der Waals surface area contributed by atoms with Gasteiger partial charge in [0, 0.05) is 17.5 Å². The highest BCUT2D eigenvalue weighted by molar-refractivity contribution is 6.30. The van der Waals surface area contributed by atoms with Crippen LogP contribution >= 0.6 is 11.6 Å². The van der Waals surface area contributed by atoms with Crippen LogP contribution in [0.2, 0.25) is 0 Å². The van der Waals surface area contributed by atoms with Gasteiger partial charge in [0.2, 0.25) is 0 Å². The van der Waals surface area contributed by atoms with Crippen LogP contribution in [0.4, 0.5) is 13.2 Å². The van der Waals surface area contributed by atoms with E-state index in [2.05, 4.69) is 4.99 Å². The maximum atomic E-state index is 12.6.